The Hall–Kier alpha value is -1.44. The zero-order valence-corrected chi connectivity index (χ0v) is 10.7. The minimum atomic E-state index is 0.829. The number of hydrogen-bond acceptors (Lipinski definition) is 1. The molecule has 16 heavy (non-hydrogen) atoms. The van der Waals surface area contributed by atoms with Crippen molar-refractivity contribution in [3.8, 4) is 0 Å². The largest absolute Gasteiger partial charge is 0.402 e. The Morgan fingerprint density at radius 1 is 1.25 bits per heavy atom. The Bertz CT molecular complexity index is 409. The van der Waals surface area contributed by atoms with Gasteiger partial charge in [-0.1, -0.05) is 42.8 Å². The first-order chi connectivity index (χ1) is 7.49. The van der Waals surface area contributed by atoms with Crippen LogP contribution >= 0.6 is 0 Å². The van der Waals surface area contributed by atoms with Gasteiger partial charge in [0.1, 0.15) is 7.85 Å². The van der Waals surface area contributed by atoms with Gasteiger partial charge in [0.25, 0.3) is 0 Å². The molecule has 1 aromatic rings. The molecule has 84 valence electrons. The maximum atomic E-state index is 6.07. The molecule has 0 bridgehead atoms. The maximum Gasteiger partial charge on any atom is 0.133 e. The van der Waals surface area contributed by atoms with Gasteiger partial charge in [-0.3, -0.25) is 0 Å². The Morgan fingerprint density at radius 2 is 1.81 bits per heavy atom. The summed E-state index contributed by atoms with van der Waals surface area (Å²) < 4.78 is 0. The summed E-state index contributed by atoms with van der Waals surface area (Å²) in [5.41, 5.74) is 12.0. The van der Waals surface area contributed by atoms with E-state index in [4.69, 9.17) is 5.73 Å². The minimum absolute atomic E-state index is 0.829. The maximum absolute atomic E-state index is 6.07. The average Bonchev–Trinajstić information content (AvgIpc) is 2.20. The van der Waals surface area contributed by atoms with Crippen molar-refractivity contribution in [2.45, 2.75) is 27.2 Å². The van der Waals surface area contributed by atoms with Crippen molar-refractivity contribution in [2.75, 3.05) is 0 Å². The summed E-state index contributed by atoms with van der Waals surface area (Å²) in [5, 5.41) is 0. The molecule has 1 nitrogen and oxygen atoms in total. The third-order valence-corrected chi connectivity index (χ3v) is 2.53. The highest BCUT2D eigenvalue weighted by molar-refractivity contribution is 6.21. The highest BCUT2D eigenvalue weighted by Gasteiger charge is 1.98. The minimum Gasteiger partial charge on any atom is -0.402 e. The third kappa shape index (κ3) is 3.97. The van der Waals surface area contributed by atoms with Crippen LogP contribution in [-0.2, 0) is 6.42 Å². The lowest BCUT2D eigenvalue weighted by Gasteiger charge is -2.06. The quantitative estimate of drug-likeness (QED) is 0.605. The summed E-state index contributed by atoms with van der Waals surface area (Å²) in [7, 11) is 2.09. The lowest BCUT2D eigenvalue weighted by Crippen LogP contribution is -2.04. The van der Waals surface area contributed by atoms with Crippen LogP contribution < -0.4 is 5.73 Å². The Kier molecular flexibility index (Phi) is 4.42. The fourth-order valence-electron chi connectivity index (χ4n) is 1.59. The zero-order valence-electron chi connectivity index (χ0n) is 10.7. The van der Waals surface area contributed by atoms with E-state index < -0.39 is 0 Å². The van der Waals surface area contributed by atoms with Crippen molar-refractivity contribution >= 4 is 7.85 Å². The normalized spacial score (nSPS) is 13.6. The molecule has 0 spiro atoms. The lowest BCUT2D eigenvalue weighted by atomic mass is 9.94. The zero-order chi connectivity index (χ0) is 12.1. The van der Waals surface area contributed by atoms with Crippen LogP contribution in [0, 0.1) is 6.92 Å². The van der Waals surface area contributed by atoms with Crippen LogP contribution in [0.15, 0.2) is 47.1 Å². The predicted molar refractivity (Wildman–Crippen MR) is 74.1 cm³/mol. The molecule has 0 saturated heterocycles. The van der Waals surface area contributed by atoms with E-state index in [-0.39, 0.29) is 0 Å². The number of rotatable bonds is 3. The van der Waals surface area contributed by atoms with E-state index in [0.29, 0.717) is 0 Å². The van der Waals surface area contributed by atoms with E-state index in [1.54, 1.807) is 0 Å². The summed E-state index contributed by atoms with van der Waals surface area (Å²) in [5.74, 6) is 0. The van der Waals surface area contributed by atoms with E-state index in [1.807, 2.05) is 0 Å². The number of aryl methyl sites for hydroxylation is 1. The number of allylic oxidation sites excluding steroid dienone is 4. The van der Waals surface area contributed by atoms with Crippen LogP contribution in [0.2, 0.25) is 0 Å². The fourth-order valence-corrected chi connectivity index (χ4v) is 1.59. The van der Waals surface area contributed by atoms with E-state index in [0.717, 1.165) is 12.1 Å². The second kappa shape index (κ2) is 5.59. The first-order valence-electron chi connectivity index (χ1n) is 5.64. The van der Waals surface area contributed by atoms with E-state index >= 15 is 0 Å². The fraction of sp³-hybridized carbons (Fsp3) is 0.286. The van der Waals surface area contributed by atoms with Gasteiger partial charge < -0.3 is 5.73 Å². The molecule has 0 aliphatic heterocycles. The predicted octanol–water partition coefficient (Wildman–Crippen LogP) is 2.31. The SMILES string of the molecule is B/C(C)=C/C(C)=C(\N)Cc1ccc(C)cc1. The van der Waals surface area contributed by atoms with Gasteiger partial charge in [0.15, 0.2) is 0 Å². The second-order valence-corrected chi connectivity index (χ2v) is 4.59. The summed E-state index contributed by atoms with van der Waals surface area (Å²) in [4.78, 5) is 0. The van der Waals surface area contributed by atoms with Crippen LogP contribution in [0.25, 0.3) is 0 Å². The van der Waals surface area contributed by atoms with Gasteiger partial charge in [-0.25, -0.2) is 0 Å². The second-order valence-electron chi connectivity index (χ2n) is 4.59. The number of hydrogen-bond donors (Lipinski definition) is 1. The average molecular weight is 213 g/mol. The molecule has 0 amide bonds. The molecule has 0 aromatic heterocycles. The number of benzene rings is 1. The van der Waals surface area contributed by atoms with Crippen molar-refractivity contribution in [3.63, 3.8) is 0 Å². The Labute approximate surface area is 99.5 Å². The molecular weight excluding hydrogens is 193 g/mol. The molecule has 0 atom stereocenters. The highest BCUT2D eigenvalue weighted by Crippen LogP contribution is 2.11. The summed E-state index contributed by atoms with van der Waals surface area (Å²) in [6, 6.07) is 8.52. The first kappa shape index (κ1) is 12.6. The lowest BCUT2D eigenvalue weighted by molar-refractivity contribution is 1.07. The van der Waals surface area contributed by atoms with Crippen LogP contribution in [0.1, 0.15) is 25.0 Å². The van der Waals surface area contributed by atoms with Crippen molar-refractivity contribution in [1.82, 2.24) is 0 Å². The van der Waals surface area contributed by atoms with E-state index in [2.05, 4.69) is 59.0 Å². The van der Waals surface area contributed by atoms with Crippen LogP contribution in [0.5, 0.6) is 0 Å². The molecule has 0 fully saturated rings. The van der Waals surface area contributed by atoms with Crippen molar-refractivity contribution in [3.05, 3.63) is 58.2 Å². The van der Waals surface area contributed by atoms with Crippen LogP contribution in [-0.4, -0.2) is 7.85 Å². The summed E-state index contributed by atoms with van der Waals surface area (Å²) in [6.45, 7) is 6.25. The smallest absolute Gasteiger partial charge is 0.133 e. The molecular formula is C14H20BN. The van der Waals surface area contributed by atoms with E-state index in [1.165, 1.54) is 22.2 Å². The van der Waals surface area contributed by atoms with E-state index in [9.17, 15) is 0 Å². The molecule has 0 aliphatic rings. The molecule has 2 heteroatoms. The van der Waals surface area contributed by atoms with Gasteiger partial charge in [-0.2, -0.15) is 0 Å². The third-order valence-electron chi connectivity index (χ3n) is 2.53. The standard InChI is InChI=1S/C14H20BN/c1-10-4-6-13(7-5-10)9-14(16)11(2)8-12(3)15/h4-8H,9,15-16H2,1-3H3/b12-8+,14-11-. The first-order valence-corrected chi connectivity index (χ1v) is 5.64. The van der Waals surface area contributed by atoms with Crippen LogP contribution in [0.3, 0.4) is 0 Å². The van der Waals surface area contributed by atoms with Crippen molar-refractivity contribution < 1.29 is 0 Å². The van der Waals surface area contributed by atoms with Gasteiger partial charge in [-0.15, -0.1) is 5.47 Å². The van der Waals surface area contributed by atoms with Gasteiger partial charge in [0, 0.05) is 12.1 Å². The van der Waals surface area contributed by atoms with Crippen molar-refractivity contribution in [1.29, 1.82) is 0 Å². The summed E-state index contributed by atoms with van der Waals surface area (Å²) in [6.07, 6.45) is 2.96. The van der Waals surface area contributed by atoms with Gasteiger partial charge >= 0.3 is 0 Å². The molecule has 0 radical (unpaired) electrons. The van der Waals surface area contributed by atoms with Gasteiger partial charge in [-0.05, 0) is 25.0 Å². The molecule has 1 rings (SSSR count). The molecule has 2 N–H and O–H groups in total. The van der Waals surface area contributed by atoms with Crippen LogP contribution in [0.4, 0.5) is 0 Å². The topological polar surface area (TPSA) is 26.0 Å². The molecule has 0 saturated carbocycles. The Morgan fingerprint density at radius 3 is 2.31 bits per heavy atom. The molecule has 0 heterocycles. The number of nitrogens with two attached hydrogens (primary N) is 1. The summed E-state index contributed by atoms with van der Waals surface area (Å²) >= 11 is 0. The Balaban J connectivity index is 2.81. The molecule has 1 aromatic carbocycles. The van der Waals surface area contributed by atoms with Crippen molar-refractivity contribution in [2.24, 2.45) is 5.73 Å². The van der Waals surface area contributed by atoms with Gasteiger partial charge in [0.05, 0.1) is 0 Å². The molecule has 0 aliphatic carbocycles. The van der Waals surface area contributed by atoms with Gasteiger partial charge in [0.2, 0.25) is 0 Å². The molecule has 0 unspecified atom stereocenters. The highest BCUT2D eigenvalue weighted by atomic mass is 14.6. The monoisotopic (exact) mass is 213 g/mol.